The second kappa shape index (κ2) is 2.67. The van der Waals surface area contributed by atoms with Gasteiger partial charge in [-0.15, -0.1) is 0 Å². The van der Waals surface area contributed by atoms with Gasteiger partial charge in [0.2, 0.25) is 0 Å². The lowest BCUT2D eigenvalue weighted by atomic mass is 10.4. The molecule has 0 atom stereocenters. The van der Waals surface area contributed by atoms with Crippen molar-refractivity contribution in [3.05, 3.63) is 0 Å². The molecule has 0 aromatic carbocycles. The summed E-state index contributed by atoms with van der Waals surface area (Å²) in [5.74, 6) is 0. The highest BCUT2D eigenvalue weighted by Gasteiger charge is 2.37. The summed E-state index contributed by atoms with van der Waals surface area (Å²) in [5.41, 5.74) is 0.261. The van der Waals surface area contributed by atoms with E-state index in [1.165, 1.54) is 12.8 Å². The van der Waals surface area contributed by atoms with Crippen molar-refractivity contribution < 1.29 is 4.74 Å². The largest absolute Gasteiger partial charge is 0.374 e. The van der Waals surface area contributed by atoms with E-state index in [2.05, 4.69) is 12.2 Å². The van der Waals surface area contributed by atoms with Crippen LogP contribution in [0.2, 0.25) is 0 Å². The van der Waals surface area contributed by atoms with Crippen molar-refractivity contribution in [2.24, 2.45) is 0 Å². The van der Waals surface area contributed by atoms with Crippen molar-refractivity contribution in [2.75, 3.05) is 20.2 Å². The number of nitrogens with one attached hydrogen (secondary N) is 1. The third-order valence-electron chi connectivity index (χ3n) is 1.76. The average molecular weight is 129 g/mol. The minimum absolute atomic E-state index is 0.261. The molecule has 2 nitrogen and oxygen atoms in total. The molecule has 1 aliphatic carbocycles. The molecule has 2 heteroatoms. The van der Waals surface area contributed by atoms with Gasteiger partial charge in [-0.3, -0.25) is 0 Å². The molecular formula is C7H15NO. The summed E-state index contributed by atoms with van der Waals surface area (Å²) in [6.07, 6.45) is 2.49. The molecule has 9 heavy (non-hydrogen) atoms. The molecule has 1 N–H and O–H groups in total. The Morgan fingerprint density at radius 1 is 1.56 bits per heavy atom. The van der Waals surface area contributed by atoms with Crippen molar-refractivity contribution in [2.45, 2.75) is 25.4 Å². The molecule has 0 spiro atoms. The van der Waals surface area contributed by atoms with E-state index >= 15 is 0 Å². The maximum Gasteiger partial charge on any atom is 0.0657 e. The van der Waals surface area contributed by atoms with Gasteiger partial charge in [0.05, 0.1) is 12.2 Å². The van der Waals surface area contributed by atoms with E-state index in [0.717, 1.165) is 13.2 Å². The van der Waals surface area contributed by atoms with Crippen LogP contribution in [-0.4, -0.2) is 25.8 Å². The van der Waals surface area contributed by atoms with E-state index in [1.54, 1.807) is 0 Å². The molecule has 0 aliphatic heterocycles. The van der Waals surface area contributed by atoms with Crippen LogP contribution in [0.1, 0.15) is 19.8 Å². The third-order valence-corrected chi connectivity index (χ3v) is 1.76. The van der Waals surface area contributed by atoms with Gasteiger partial charge in [-0.25, -0.2) is 0 Å². The van der Waals surface area contributed by atoms with Gasteiger partial charge in [0.1, 0.15) is 0 Å². The Morgan fingerprint density at radius 3 is 2.67 bits per heavy atom. The molecule has 0 unspecified atom stereocenters. The van der Waals surface area contributed by atoms with Crippen LogP contribution in [0.5, 0.6) is 0 Å². The summed E-state index contributed by atoms with van der Waals surface area (Å²) in [5, 5.41) is 3.04. The molecule has 0 saturated heterocycles. The molecule has 0 radical (unpaired) electrons. The number of hydrogen-bond donors (Lipinski definition) is 1. The summed E-state index contributed by atoms with van der Waals surface area (Å²) in [4.78, 5) is 0. The maximum absolute atomic E-state index is 5.52. The van der Waals surface area contributed by atoms with Crippen molar-refractivity contribution in [3.63, 3.8) is 0 Å². The smallest absolute Gasteiger partial charge is 0.0657 e. The molecule has 1 fully saturated rings. The van der Waals surface area contributed by atoms with E-state index in [0.29, 0.717) is 0 Å². The molecule has 0 aromatic rings. The number of likely N-dealkylation sites (N-methyl/N-ethyl adjacent to an activating group) is 1. The quantitative estimate of drug-likeness (QED) is 0.566. The van der Waals surface area contributed by atoms with Crippen LogP contribution in [0, 0.1) is 0 Å². The van der Waals surface area contributed by atoms with Gasteiger partial charge in [0.25, 0.3) is 0 Å². The molecular weight excluding hydrogens is 114 g/mol. The van der Waals surface area contributed by atoms with E-state index in [1.807, 2.05) is 7.05 Å². The Morgan fingerprint density at radius 2 is 2.22 bits per heavy atom. The van der Waals surface area contributed by atoms with Crippen LogP contribution in [0.3, 0.4) is 0 Å². The first-order valence-corrected chi connectivity index (χ1v) is 3.55. The van der Waals surface area contributed by atoms with Crippen molar-refractivity contribution in [1.29, 1.82) is 0 Å². The van der Waals surface area contributed by atoms with Crippen molar-refractivity contribution >= 4 is 0 Å². The van der Waals surface area contributed by atoms with Crippen molar-refractivity contribution in [3.8, 4) is 0 Å². The van der Waals surface area contributed by atoms with Gasteiger partial charge < -0.3 is 10.1 Å². The highest BCUT2D eigenvalue weighted by molar-refractivity contribution is 4.90. The second-order valence-electron chi connectivity index (χ2n) is 2.90. The molecule has 1 saturated carbocycles. The molecule has 0 bridgehead atoms. The predicted octanol–water partition coefficient (Wildman–Crippen LogP) is 0.775. The first-order chi connectivity index (χ1) is 4.27. The minimum Gasteiger partial charge on any atom is -0.374 e. The maximum atomic E-state index is 5.52. The zero-order valence-electron chi connectivity index (χ0n) is 6.24. The fourth-order valence-corrected chi connectivity index (χ4v) is 0.720. The Hall–Kier alpha value is -0.0800. The standard InChI is InChI=1S/C7H15NO/c1-7(3-4-7)9-6-5-8-2/h8H,3-6H2,1-2H3. The van der Waals surface area contributed by atoms with Gasteiger partial charge in [0, 0.05) is 6.54 Å². The first kappa shape index (κ1) is 7.03. The molecule has 1 aliphatic rings. The molecule has 0 aromatic heterocycles. The van der Waals surface area contributed by atoms with E-state index < -0.39 is 0 Å². The van der Waals surface area contributed by atoms with Gasteiger partial charge in [-0.05, 0) is 26.8 Å². The number of rotatable bonds is 4. The summed E-state index contributed by atoms with van der Waals surface area (Å²) in [7, 11) is 1.94. The SMILES string of the molecule is CNCCOC1(C)CC1. The summed E-state index contributed by atoms with van der Waals surface area (Å²) >= 11 is 0. The van der Waals surface area contributed by atoms with E-state index in [9.17, 15) is 0 Å². The van der Waals surface area contributed by atoms with Crippen LogP contribution in [0.15, 0.2) is 0 Å². The van der Waals surface area contributed by atoms with E-state index in [4.69, 9.17) is 4.74 Å². The minimum atomic E-state index is 0.261. The van der Waals surface area contributed by atoms with Gasteiger partial charge in [-0.2, -0.15) is 0 Å². The first-order valence-electron chi connectivity index (χ1n) is 3.55. The highest BCUT2D eigenvalue weighted by Crippen LogP contribution is 2.38. The van der Waals surface area contributed by atoms with Crippen LogP contribution in [0.4, 0.5) is 0 Å². The number of ether oxygens (including phenoxy) is 1. The lowest BCUT2D eigenvalue weighted by molar-refractivity contribution is 0.0493. The zero-order chi connectivity index (χ0) is 6.74. The number of hydrogen-bond acceptors (Lipinski definition) is 2. The van der Waals surface area contributed by atoms with Gasteiger partial charge >= 0.3 is 0 Å². The topological polar surface area (TPSA) is 21.3 Å². The lowest BCUT2D eigenvalue weighted by Gasteiger charge is -2.08. The summed E-state index contributed by atoms with van der Waals surface area (Å²) in [6.45, 7) is 3.99. The normalized spacial score (nSPS) is 22.0. The van der Waals surface area contributed by atoms with Gasteiger partial charge in [0.15, 0.2) is 0 Å². The molecule has 1 rings (SSSR count). The van der Waals surface area contributed by atoms with Crippen LogP contribution < -0.4 is 5.32 Å². The second-order valence-corrected chi connectivity index (χ2v) is 2.90. The van der Waals surface area contributed by atoms with Crippen LogP contribution in [-0.2, 0) is 4.74 Å². The van der Waals surface area contributed by atoms with Crippen LogP contribution >= 0.6 is 0 Å². The van der Waals surface area contributed by atoms with E-state index in [-0.39, 0.29) is 5.60 Å². The summed E-state index contributed by atoms with van der Waals surface area (Å²) in [6, 6.07) is 0. The molecule has 0 heterocycles. The highest BCUT2D eigenvalue weighted by atomic mass is 16.5. The zero-order valence-corrected chi connectivity index (χ0v) is 6.24. The average Bonchev–Trinajstić information content (AvgIpc) is 2.50. The van der Waals surface area contributed by atoms with Gasteiger partial charge in [-0.1, -0.05) is 0 Å². The Bertz CT molecular complexity index is 88.9. The Kier molecular flexibility index (Phi) is 2.09. The monoisotopic (exact) mass is 129 g/mol. The fraction of sp³-hybridized carbons (Fsp3) is 1.00. The van der Waals surface area contributed by atoms with Crippen LogP contribution in [0.25, 0.3) is 0 Å². The van der Waals surface area contributed by atoms with Crippen molar-refractivity contribution in [1.82, 2.24) is 5.32 Å². The Labute approximate surface area is 56.6 Å². The summed E-state index contributed by atoms with van der Waals surface area (Å²) < 4.78 is 5.52. The lowest BCUT2D eigenvalue weighted by Crippen LogP contribution is -2.19. The molecule has 54 valence electrons. The predicted molar refractivity (Wildman–Crippen MR) is 37.5 cm³/mol. The Balaban J connectivity index is 1.92. The fourth-order valence-electron chi connectivity index (χ4n) is 0.720. The third kappa shape index (κ3) is 2.33. The molecule has 0 amide bonds.